The molecule has 0 aliphatic heterocycles. The first-order valence-corrected chi connectivity index (χ1v) is 4.67. The van der Waals surface area contributed by atoms with Crippen LogP contribution >= 0.6 is 0 Å². The van der Waals surface area contributed by atoms with Crippen LogP contribution in [0.15, 0.2) is 18.3 Å². The van der Waals surface area contributed by atoms with Crippen molar-refractivity contribution in [3.63, 3.8) is 0 Å². The molecule has 0 aromatic carbocycles. The first-order valence-electron chi connectivity index (χ1n) is 4.67. The first kappa shape index (κ1) is 12.1. The molecule has 0 fully saturated rings. The van der Waals surface area contributed by atoms with Gasteiger partial charge in [0.2, 0.25) is 11.8 Å². The molecule has 0 aliphatic carbocycles. The van der Waals surface area contributed by atoms with Gasteiger partial charge in [-0.25, -0.2) is 0 Å². The highest BCUT2D eigenvalue weighted by Gasteiger charge is 2.15. The van der Waals surface area contributed by atoms with E-state index in [1.807, 2.05) is 0 Å². The van der Waals surface area contributed by atoms with Crippen LogP contribution in [0.25, 0.3) is 0 Å². The van der Waals surface area contributed by atoms with Gasteiger partial charge in [0.1, 0.15) is 0 Å². The Morgan fingerprint density at radius 3 is 2.81 bits per heavy atom. The van der Waals surface area contributed by atoms with E-state index in [9.17, 15) is 9.59 Å². The maximum Gasteiger partial charge on any atom is 0.237 e. The number of rotatable bonds is 5. The summed E-state index contributed by atoms with van der Waals surface area (Å²) in [4.78, 5) is 21.9. The average Bonchev–Trinajstić information content (AvgIpc) is 2.26. The summed E-state index contributed by atoms with van der Waals surface area (Å²) >= 11 is 0. The molecule has 0 radical (unpaired) electrons. The highest BCUT2D eigenvalue weighted by Crippen LogP contribution is 1.92. The molecule has 0 bridgehead atoms. The third-order valence-electron chi connectivity index (χ3n) is 1.83. The Morgan fingerprint density at radius 1 is 1.50 bits per heavy atom. The number of nitrogens with zero attached hydrogens (tertiary/aromatic N) is 2. The number of carbonyl (C=O) groups excluding carboxylic acids is 2. The van der Waals surface area contributed by atoms with E-state index in [0.717, 1.165) is 0 Å². The molecule has 16 heavy (non-hydrogen) atoms. The topological polar surface area (TPSA) is 124 Å². The van der Waals surface area contributed by atoms with Gasteiger partial charge >= 0.3 is 0 Å². The Kier molecular flexibility index (Phi) is 4.34. The fourth-order valence-corrected chi connectivity index (χ4v) is 1.05. The van der Waals surface area contributed by atoms with Crippen molar-refractivity contribution in [2.75, 3.05) is 0 Å². The lowest BCUT2D eigenvalue weighted by Crippen LogP contribution is -2.42. The minimum absolute atomic E-state index is 0.174. The summed E-state index contributed by atoms with van der Waals surface area (Å²) in [6, 6.07) is 2.50. The number of carbonyl (C=O) groups is 2. The maximum atomic E-state index is 11.4. The van der Waals surface area contributed by atoms with Gasteiger partial charge in [-0.2, -0.15) is 10.2 Å². The summed E-state index contributed by atoms with van der Waals surface area (Å²) in [7, 11) is 0. The van der Waals surface area contributed by atoms with Crippen molar-refractivity contribution < 1.29 is 9.59 Å². The summed E-state index contributed by atoms with van der Waals surface area (Å²) in [5.74, 6) is -1.05. The Balaban J connectivity index is 2.38. The van der Waals surface area contributed by atoms with Crippen LogP contribution < -0.4 is 16.8 Å². The normalized spacial score (nSPS) is 11.8. The van der Waals surface area contributed by atoms with Crippen molar-refractivity contribution in [2.24, 2.45) is 11.5 Å². The Labute approximate surface area is 92.2 Å². The molecular weight excluding hydrogens is 210 g/mol. The van der Waals surface area contributed by atoms with Gasteiger partial charge in [-0.15, -0.1) is 0 Å². The van der Waals surface area contributed by atoms with E-state index in [-0.39, 0.29) is 13.0 Å². The van der Waals surface area contributed by atoms with E-state index in [2.05, 4.69) is 15.5 Å². The molecule has 1 aromatic rings. The zero-order valence-corrected chi connectivity index (χ0v) is 8.59. The lowest BCUT2D eigenvalue weighted by atomic mass is 10.2. The summed E-state index contributed by atoms with van der Waals surface area (Å²) in [6.07, 6.45) is 1.36. The van der Waals surface area contributed by atoms with E-state index >= 15 is 0 Å². The van der Waals surface area contributed by atoms with Crippen LogP contribution in [0.4, 0.5) is 0 Å². The second-order valence-electron chi connectivity index (χ2n) is 3.21. The smallest absolute Gasteiger partial charge is 0.237 e. The van der Waals surface area contributed by atoms with Crippen molar-refractivity contribution in [2.45, 2.75) is 19.0 Å². The molecule has 1 atom stereocenters. The summed E-state index contributed by atoms with van der Waals surface area (Å²) in [6.45, 7) is 0.221. The van der Waals surface area contributed by atoms with E-state index in [1.165, 1.54) is 6.20 Å². The number of hydrogen-bond donors (Lipinski definition) is 3. The lowest BCUT2D eigenvalue weighted by Gasteiger charge is -2.09. The summed E-state index contributed by atoms with van der Waals surface area (Å²) in [5, 5.41) is 9.95. The zero-order valence-electron chi connectivity index (χ0n) is 8.59. The molecule has 1 unspecified atom stereocenters. The molecule has 0 spiro atoms. The molecule has 7 nitrogen and oxygen atoms in total. The molecule has 5 N–H and O–H groups in total. The van der Waals surface area contributed by atoms with Gasteiger partial charge in [0.25, 0.3) is 0 Å². The quantitative estimate of drug-likeness (QED) is 0.548. The molecule has 1 heterocycles. The van der Waals surface area contributed by atoms with E-state index < -0.39 is 17.9 Å². The van der Waals surface area contributed by atoms with Crippen LogP contribution in [0.3, 0.4) is 0 Å². The van der Waals surface area contributed by atoms with Gasteiger partial charge in [0.15, 0.2) is 0 Å². The van der Waals surface area contributed by atoms with Gasteiger partial charge in [0.05, 0.1) is 24.7 Å². The zero-order chi connectivity index (χ0) is 12.0. The van der Waals surface area contributed by atoms with Crippen LogP contribution in [0, 0.1) is 0 Å². The van der Waals surface area contributed by atoms with Crippen molar-refractivity contribution in [1.29, 1.82) is 0 Å². The predicted molar refractivity (Wildman–Crippen MR) is 55.7 cm³/mol. The van der Waals surface area contributed by atoms with Gasteiger partial charge in [-0.1, -0.05) is 0 Å². The third-order valence-corrected chi connectivity index (χ3v) is 1.83. The van der Waals surface area contributed by atoms with Gasteiger partial charge in [-0.05, 0) is 12.1 Å². The van der Waals surface area contributed by atoms with Crippen molar-refractivity contribution in [3.05, 3.63) is 24.0 Å². The van der Waals surface area contributed by atoms with Crippen molar-refractivity contribution in [3.8, 4) is 0 Å². The second-order valence-corrected chi connectivity index (χ2v) is 3.21. The van der Waals surface area contributed by atoms with Gasteiger partial charge < -0.3 is 16.8 Å². The minimum Gasteiger partial charge on any atom is -0.370 e. The fraction of sp³-hybridized carbons (Fsp3) is 0.333. The SMILES string of the molecule is NC(=O)CC(N)C(=O)NCc1cccnn1. The summed E-state index contributed by atoms with van der Waals surface area (Å²) in [5.41, 5.74) is 11.0. The minimum atomic E-state index is -0.922. The van der Waals surface area contributed by atoms with Crippen molar-refractivity contribution in [1.82, 2.24) is 15.5 Å². The van der Waals surface area contributed by atoms with Gasteiger partial charge in [-0.3, -0.25) is 9.59 Å². The Morgan fingerprint density at radius 2 is 2.25 bits per heavy atom. The number of nitrogens with two attached hydrogens (primary N) is 2. The number of hydrogen-bond acceptors (Lipinski definition) is 5. The van der Waals surface area contributed by atoms with E-state index in [4.69, 9.17) is 11.5 Å². The number of nitrogens with one attached hydrogen (secondary N) is 1. The number of aromatic nitrogens is 2. The fourth-order valence-electron chi connectivity index (χ4n) is 1.05. The highest BCUT2D eigenvalue weighted by atomic mass is 16.2. The van der Waals surface area contributed by atoms with Crippen LogP contribution in [0.1, 0.15) is 12.1 Å². The largest absolute Gasteiger partial charge is 0.370 e. The Bertz CT molecular complexity index is 367. The molecule has 1 aromatic heterocycles. The average molecular weight is 223 g/mol. The molecule has 2 amide bonds. The second kappa shape index (κ2) is 5.76. The summed E-state index contributed by atoms with van der Waals surface area (Å²) < 4.78 is 0. The standard InChI is InChI=1S/C9H13N5O2/c10-7(4-8(11)15)9(16)12-5-6-2-1-3-13-14-6/h1-3,7H,4-5,10H2,(H2,11,15)(H,12,16). The maximum absolute atomic E-state index is 11.4. The predicted octanol–water partition coefficient (Wildman–Crippen LogP) is -1.70. The lowest BCUT2D eigenvalue weighted by molar-refractivity contribution is -0.126. The number of primary amides is 1. The molecule has 1 rings (SSSR count). The monoisotopic (exact) mass is 223 g/mol. The first-order chi connectivity index (χ1) is 7.59. The van der Waals surface area contributed by atoms with Crippen LogP contribution in [-0.2, 0) is 16.1 Å². The molecular formula is C9H13N5O2. The van der Waals surface area contributed by atoms with Crippen LogP contribution in [0.5, 0.6) is 0 Å². The van der Waals surface area contributed by atoms with Crippen LogP contribution in [-0.4, -0.2) is 28.1 Å². The Hall–Kier alpha value is -2.02. The van der Waals surface area contributed by atoms with E-state index in [1.54, 1.807) is 12.1 Å². The van der Waals surface area contributed by atoms with Crippen molar-refractivity contribution >= 4 is 11.8 Å². The molecule has 7 heteroatoms. The van der Waals surface area contributed by atoms with Gasteiger partial charge in [0, 0.05) is 6.20 Å². The van der Waals surface area contributed by atoms with E-state index in [0.29, 0.717) is 5.69 Å². The number of amides is 2. The van der Waals surface area contributed by atoms with Crippen LogP contribution in [0.2, 0.25) is 0 Å². The molecule has 86 valence electrons. The highest BCUT2D eigenvalue weighted by molar-refractivity contribution is 5.87. The molecule has 0 saturated carbocycles. The third kappa shape index (κ3) is 4.01. The molecule has 0 saturated heterocycles. The molecule has 0 aliphatic rings.